The third-order valence-corrected chi connectivity index (χ3v) is 3.15. The van der Waals surface area contributed by atoms with Crippen molar-refractivity contribution in [3.63, 3.8) is 0 Å². The van der Waals surface area contributed by atoms with Crippen LogP contribution in [0.2, 0.25) is 0 Å². The highest BCUT2D eigenvalue weighted by Gasteiger charge is 2.11. The van der Waals surface area contributed by atoms with Gasteiger partial charge in [-0.25, -0.2) is 0 Å². The molecule has 0 aromatic heterocycles. The van der Waals surface area contributed by atoms with Crippen molar-refractivity contribution >= 4 is 11.4 Å². The molecule has 5 nitrogen and oxygen atoms in total. The molecule has 0 heterocycles. The fraction of sp³-hybridized carbons (Fsp3) is 0.250. The molecule has 0 aliphatic heterocycles. The maximum Gasteiger partial charge on any atom is 0.275 e. The van der Waals surface area contributed by atoms with E-state index >= 15 is 0 Å². The second kappa shape index (κ2) is 6.26. The number of ether oxygens (including phenoxy) is 1. The maximum absolute atomic E-state index is 10.9. The summed E-state index contributed by atoms with van der Waals surface area (Å²) >= 11 is 0. The Morgan fingerprint density at radius 1 is 1.14 bits per heavy atom. The quantitative estimate of drug-likeness (QED) is 0.646. The standard InChI is InChI=1S/C16H18N2O3/c1-11(2)12-5-4-6-15(7-12)21-16-9-13(17-3)8-14(10-16)18(19)20/h4-11,17H,1-3H3. The van der Waals surface area contributed by atoms with E-state index in [4.69, 9.17) is 4.74 Å². The van der Waals surface area contributed by atoms with Crippen LogP contribution in [0.25, 0.3) is 0 Å². The number of nitro groups is 1. The second-order valence-corrected chi connectivity index (χ2v) is 5.05. The van der Waals surface area contributed by atoms with E-state index < -0.39 is 4.92 Å². The van der Waals surface area contributed by atoms with Crippen molar-refractivity contribution in [2.24, 2.45) is 0 Å². The van der Waals surface area contributed by atoms with Crippen LogP contribution in [0.15, 0.2) is 42.5 Å². The van der Waals surface area contributed by atoms with E-state index in [2.05, 4.69) is 19.2 Å². The lowest BCUT2D eigenvalue weighted by molar-refractivity contribution is -0.384. The van der Waals surface area contributed by atoms with Gasteiger partial charge in [0.15, 0.2) is 0 Å². The lowest BCUT2D eigenvalue weighted by Gasteiger charge is -2.10. The fourth-order valence-electron chi connectivity index (χ4n) is 1.97. The second-order valence-electron chi connectivity index (χ2n) is 5.05. The highest BCUT2D eigenvalue weighted by molar-refractivity contribution is 5.56. The van der Waals surface area contributed by atoms with E-state index in [0.29, 0.717) is 23.1 Å². The van der Waals surface area contributed by atoms with E-state index in [1.807, 2.05) is 24.3 Å². The molecule has 0 unspecified atom stereocenters. The van der Waals surface area contributed by atoms with Gasteiger partial charge in [-0.15, -0.1) is 0 Å². The molecule has 0 saturated heterocycles. The minimum atomic E-state index is -0.432. The molecule has 110 valence electrons. The van der Waals surface area contributed by atoms with Gasteiger partial charge in [-0.05, 0) is 23.6 Å². The zero-order valence-corrected chi connectivity index (χ0v) is 12.3. The van der Waals surface area contributed by atoms with Gasteiger partial charge in [0.2, 0.25) is 0 Å². The molecule has 0 spiro atoms. The average Bonchev–Trinajstić information content (AvgIpc) is 2.47. The Morgan fingerprint density at radius 3 is 2.52 bits per heavy atom. The van der Waals surface area contributed by atoms with Crippen LogP contribution in [0.4, 0.5) is 11.4 Å². The summed E-state index contributed by atoms with van der Waals surface area (Å²) in [4.78, 5) is 10.5. The van der Waals surface area contributed by atoms with Crippen LogP contribution in [0.3, 0.4) is 0 Å². The molecule has 2 aromatic rings. The van der Waals surface area contributed by atoms with Gasteiger partial charge >= 0.3 is 0 Å². The zero-order valence-electron chi connectivity index (χ0n) is 12.3. The number of benzene rings is 2. The van der Waals surface area contributed by atoms with E-state index in [0.717, 1.165) is 5.56 Å². The first-order valence-corrected chi connectivity index (χ1v) is 6.74. The number of non-ortho nitro benzene ring substituents is 1. The van der Waals surface area contributed by atoms with Crippen LogP contribution in [0.5, 0.6) is 11.5 Å². The Bertz CT molecular complexity index is 654. The molecule has 0 amide bonds. The predicted octanol–water partition coefficient (Wildman–Crippen LogP) is 4.55. The lowest BCUT2D eigenvalue weighted by Crippen LogP contribution is -1.95. The summed E-state index contributed by atoms with van der Waals surface area (Å²) in [5, 5.41) is 13.8. The Labute approximate surface area is 123 Å². The Morgan fingerprint density at radius 2 is 1.90 bits per heavy atom. The lowest BCUT2D eigenvalue weighted by atomic mass is 10.0. The molecule has 0 bridgehead atoms. The molecule has 21 heavy (non-hydrogen) atoms. The van der Waals surface area contributed by atoms with Crippen molar-refractivity contribution in [1.29, 1.82) is 0 Å². The molecule has 0 atom stereocenters. The Balaban J connectivity index is 2.32. The van der Waals surface area contributed by atoms with Gasteiger partial charge in [0.05, 0.1) is 11.0 Å². The number of anilines is 1. The van der Waals surface area contributed by atoms with Crippen LogP contribution in [-0.4, -0.2) is 12.0 Å². The van der Waals surface area contributed by atoms with Gasteiger partial charge in [-0.2, -0.15) is 0 Å². The number of hydrogen-bond donors (Lipinski definition) is 1. The monoisotopic (exact) mass is 286 g/mol. The van der Waals surface area contributed by atoms with Crippen molar-refractivity contribution in [2.75, 3.05) is 12.4 Å². The third kappa shape index (κ3) is 3.72. The Hall–Kier alpha value is -2.56. The summed E-state index contributed by atoms with van der Waals surface area (Å²) < 4.78 is 5.76. The third-order valence-electron chi connectivity index (χ3n) is 3.15. The summed E-state index contributed by atoms with van der Waals surface area (Å²) in [6, 6.07) is 12.4. The first-order valence-electron chi connectivity index (χ1n) is 6.74. The summed E-state index contributed by atoms with van der Waals surface area (Å²) in [6.07, 6.45) is 0. The largest absolute Gasteiger partial charge is 0.457 e. The summed E-state index contributed by atoms with van der Waals surface area (Å²) in [5.41, 5.74) is 1.79. The Kier molecular flexibility index (Phi) is 4.42. The van der Waals surface area contributed by atoms with E-state index in [-0.39, 0.29) is 5.69 Å². The maximum atomic E-state index is 10.9. The molecule has 0 radical (unpaired) electrons. The molecular weight excluding hydrogens is 268 g/mol. The number of rotatable bonds is 5. The number of hydrogen-bond acceptors (Lipinski definition) is 4. The van der Waals surface area contributed by atoms with E-state index in [1.54, 1.807) is 13.1 Å². The van der Waals surface area contributed by atoms with Crippen molar-refractivity contribution in [3.8, 4) is 11.5 Å². The predicted molar refractivity (Wildman–Crippen MR) is 83.2 cm³/mol. The first kappa shape index (κ1) is 14.8. The van der Waals surface area contributed by atoms with Gasteiger partial charge in [0, 0.05) is 24.9 Å². The SMILES string of the molecule is CNc1cc(Oc2cccc(C(C)C)c2)cc([N+](=O)[O-])c1. The fourth-order valence-corrected chi connectivity index (χ4v) is 1.97. The molecule has 1 N–H and O–H groups in total. The molecular formula is C16H18N2O3. The smallest absolute Gasteiger partial charge is 0.275 e. The van der Waals surface area contributed by atoms with Crippen LogP contribution in [0.1, 0.15) is 25.3 Å². The molecule has 0 aliphatic carbocycles. The number of nitrogens with one attached hydrogen (secondary N) is 1. The minimum absolute atomic E-state index is 0.00290. The number of nitro benzene ring substituents is 1. The van der Waals surface area contributed by atoms with E-state index in [1.165, 1.54) is 12.1 Å². The van der Waals surface area contributed by atoms with Gasteiger partial charge in [-0.3, -0.25) is 10.1 Å². The average molecular weight is 286 g/mol. The summed E-state index contributed by atoms with van der Waals surface area (Å²) in [6.45, 7) is 4.21. The summed E-state index contributed by atoms with van der Waals surface area (Å²) in [5.74, 6) is 1.50. The zero-order chi connectivity index (χ0) is 15.4. The number of nitrogens with zero attached hydrogens (tertiary/aromatic N) is 1. The van der Waals surface area contributed by atoms with Crippen LogP contribution in [-0.2, 0) is 0 Å². The van der Waals surface area contributed by atoms with Crippen molar-refractivity contribution in [3.05, 3.63) is 58.1 Å². The van der Waals surface area contributed by atoms with Crippen molar-refractivity contribution in [1.82, 2.24) is 0 Å². The highest BCUT2D eigenvalue weighted by Crippen LogP contribution is 2.30. The molecule has 2 rings (SSSR count). The van der Waals surface area contributed by atoms with Gasteiger partial charge in [0.1, 0.15) is 11.5 Å². The normalized spacial score (nSPS) is 10.5. The van der Waals surface area contributed by atoms with Crippen LogP contribution >= 0.6 is 0 Å². The molecule has 0 aliphatic rings. The van der Waals surface area contributed by atoms with Gasteiger partial charge < -0.3 is 10.1 Å². The topological polar surface area (TPSA) is 64.4 Å². The van der Waals surface area contributed by atoms with Gasteiger partial charge in [0.25, 0.3) is 5.69 Å². The van der Waals surface area contributed by atoms with E-state index in [9.17, 15) is 10.1 Å². The molecule has 0 saturated carbocycles. The van der Waals surface area contributed by atoms with Crippen molar-refractivity contribution < 1.29 is 9.66 Å². The van der Waals surface area contributed by atoms with Crippen LogP contribution in [0, 0.1) is 10.1 Å². The summed E-state index contributed by atoms with van der Waals surface area (Å²) in [7, 11) is 1.71. The molecule has 5 heteroatoms. The minimum Gasteiger partial charge on any atom is -0.457 e. The van der Waals surface area contributed by atoms with Crippen molar-refractivity contribution in [2.45, 2.75) is 19.8 Å². The van der Waals surface area contributed by atoms with Gasteiger partial charge in [-0.1, -0.05) is 26.0 Å². The molecule has 2 aromatic carbocycles. The highest BCUT2D eigenvalue weighted by atomic mass is 16.6. The first-order chi connectivity index (χ1) is 9.99. The molecule has 0 fully saturated rings. The van der Waals surface area contributed by atoms with Crippen LogP contribution < -0.4 is 10.1 Å².